The van der Waals surface area contributed by atoms with Gasteiger partial charge < -0.3 is 10.0 Å². The van der Waals surface area contributed by atoms with Crippen molar-refractivity contribution < 1.29 is 14.3 Å². The summed E-state index contributed by atoms with van der Waals surface area (Å²) in [7, 11) is 0. The van der Waals surface area contributed by atoms with E-state index in [2.05, 4.69) is 4.98 Å². The molecule has 0 aliphatic rings. The molecule has 1 N–H and O–H groups in total. The van der Waals surface area contributed by atoms with E-state index >= 15 is 0 Å². The molecule has 3 rings (SSSR count). The molecule has 0 saturated heterocycles. The minimum Gasteiger partial charge on any atom is -0.381 e. The van der Waals surface area contributed by atoms with E-state index in [-0.39, 0.29) is 11.7 Å². The Kier molecular flexibility index (Phi) is 5.98. The molecule has 0 aliphatic carbocycles. The van der Waals surface area contributed by atoms with Gasteiger partial charge in [-0.3, -0.25) is 4.79 Å². The third-order valence-corrected chi connectivity index (χ3v) is 5.29. The van der Waals surface area contributed by atoms with Crippen LogP contribution in [-0.2, 0) is 0 Å². The second kappa shape index (κ2) is 8.41. The van der Waals surface area contributed by atoms with Crippen LogP contribution < -0.4 is 0 Å². The molecule has 6 heteroatoms. The fraction of sp³-hybridized carbons (Fsp3) is 0.238. The Morgan fingerprint density at radius 3 is 2.56 bits per heavy atom. The topological polar surface area (TPSA) is 53.4 Å². The summed E-state index contributed by atoms with van der Waals surface area (Å²) in [6.07, 6.45) is -0.912. The number of hydrogen-bond donors (Lipinski definition) is 1. The summed E-state index contributed by atoms with van der Waals surface area (Å²) in [6.45, 7) is 5.22. The van der Waals surface area contributed by atoms with Gasteiger partial charge in [0, 0.05) is 29.6 Å². The largest absolute Gasteiger partial charge is 0.381 e. The lowest BCUT2D eigenvalue weighted by molar-refractivity contribution is 0.0773. The number of halogens is 1. The fourth-order valence-corrected chi connectivity index (χ4v) is 3.68. The molecule has 0 saturated carbocycles. The highest BCUT2D eigenvalue weighted by Crippen LogP contribution is 2.29. The number of amides is 1. The highest BCUT2D eigenvalue weighted by molar-refractivity contribution is 7.10. The first-order chi connectivity index (χ1) is 13.0. The van der Waals surface area contributed by atoms with Gasteiger partial charge in [-0.15, -0.1) is 11.3 Å². The van der Waals surface area contributed by atoms with Crippen LogP contribution in [0.5, 0.6) is 0 Å². The van der Waals surface area contributed by atoms with Gasteiger partial charge in [0.25, 0.3) is 5.91 Å². The summed E-state index contributed by atoms with van der Waals surface area (Å²) in [6, 6.07) is 13.1. The van der Waals surface area contributed by atoms with E-state index < -0.39 is 6.10 Å². The maximum absolute atomic E-state index is 13.1. The Bertz CT molecular complexity index is 920. The van der Waals surface area contributed by atoms with Crippen LogP contribution in [-0.4, -0.2) is 34.0 Å². The van der Waals surface area contributed by atoms with Crippen LogP contribution in [0.2, 0.25) is 0 Å². The molecule has 0 radical (unpaired) electrons. The second-order valence-electron chi connectivity index (χ2n) is 6.08. The summed E-state index contributed by atoms with van der Waals surface area (Å²) in [5, 5.41) is 12.9. The lowest BCUT2D eigenvalue weighted by atomic mass is 10.1. The van der Waals surface area contributed by atoms with Crippen LogP contribution in [0.25, 0.3) is 11.3 Å². The monoisotopic (exact) mass is 384 g/mol. The lowest BCUT2D eigenvalue weighted by Gasteiger charge is -2.18. The highest BCUT2D eigenvalue weighted by atomic mass is 32.1. The number of aromatic nitrogens is 1. The predicted molar refractivity (Wildman–Crippen MR) is 105 cm³/mol. The molecule has 2 aromatic carbocycles. The molecule has 0 spiro atoms. The van der Waals surface area contributed by atoms with Crippen LogP contribution in [0.4, 0.5) is 4.39 Å². The SMILES string of the molecule is CCN(CC)C(=O)c1cccc(-c2csc(C(O)c3ccc(F)cc3)n2)c1. The molecular weight excluding hydrogens is 363 g/mol. The zero-order valence-electron chi connectivity index (χ0n) is 15.2. The van der Waals surface area contributed by atoms with Crippen LogP contribution in [0.15, 0.2) is 53.9 Å². The second-order valence-corrected chi connectivity index (χ2v) is 6.97. The number of rotatable bonds is 6. The first kappa shape index (κ1) is 19.2. The van der Waals surface area contributed by atoms with Gasteiger partial charge in [-0.25, -0.2) is 9.37 Å². The first-order valence-electron chi connectivity index (χ1n) is 8.82. The van der Waals surface area contributed by atoms with Gasteiger partial charge in [0.1, 0.15) is 16.9 Å². The number of hydrogen-bond acceptors (Lipinski definition) is 4. The normalized spacial score (nSPS) is 12.0. The predicted octanol–water partition coefficient (Wildman–Crippen LogP) is 4.51. The molecule has 0 aliphatic heterocycles. The van der Waals surface area contributed by atoms with E-state index in [1.54, 1.807) is 23.1 Å². The number of aliphatic hydroxyl groups is 1. The molecular formula is C21H21FN2O2S. The Labute approximate surface area is 161 Å². The third kappa shape index (κ3) is 4.23. The summed E-state index contributed by atoms with van der Waals surface area (Å²) in [4.78, 5) is 18.8. The van der Waals surface area contributed by atoms with Crippen molar-refractivity contribution in [2.45, 2.75) is 20.0 Å². The average molecular weight is 384 g/mol. The maximum Gasteiger partial charge on any atom is 0.253 e. The summed E-state index contributed by atoms with van der Waals surface area (Å²) in [5.41, 5.74) is 2.72. The first-order valence-corrected chi connectivity index (χ1v) is 9.70. The van der Waals surface area contributed by atoms with Crippen molar-refractivity contribution in [1.82, 2.24) is 9.88 Å². The van der Waals surface area contributed by atoms with Gasteiger partial charge in [-0.05, 0) is 43.7 Å². The Morgan fingerprint density at radius 2 is 1.89 bits per heavy atom. The van der Waals surface area contributed by atoms with Gasteiger partial charge in [0.05, 0.1) is 5.69 Å². The Morgan fingerprint density at radius 1 is 1.19 bits per heavy atom. The minimum absolute atomic E-state index is 0.0105. The molecule has 0 bridgehead atoms. The quantitative estimate of drug-likeness (QED) is 0.680. The molecule has 27 heavy (non-hydrogen) atoms. The Balaban J connectivity index is 1.85. The van der Waals surface area contributed by atoms with Crippen molar-refractivity contribution in [1.29, 1.82) is 0 Å². The summed E-state index contributed by atoms with van der Waals surface area (Å²) < 4.78 is 13.1. The lowest BCUT2D eigenvalue weighted by Crippen LogP contribution is -2.30. The molecule has 1 amide bonds. The number of benzene rings is 2. The molecule has 4 nitrogen and oxygen atoms in total. The van der Waals surface area contributed by atoms with Crippen molar-refractivity contribution in [3.63, 3.8) is 0 Å². The number of carbonyl (C=O) groups excluding carboxylic acids is 1. The summed E-state index contributed by atoms with van der Waals surface area (Å²) in [5.74, 6) is -0.357. The van der Waals surface area contributed by atoms with Gasteiger partial charge in [0.2, 0.25) is 0 Å². The number of aliphatic hydroxyl groups excluding tert-OH is 1. The molecule has 1 heterocycles. The zero-order chi connectivity index (χ0) is 19.4. The third-order valence-electron chi connectivity index (χ3n) is 4.40. The van der Waals surface area contributed by atoms with Crippen molar-refractivity contribution in [2.75, 3.05) is 13.1 Å². The van der Waals surface area contributed by atoms with E-state index in [9.17, 15) is 14.3 Å². The van der Waals surface area contributed by atoms with E-state index in [0.717, 1.165) is 5.56 Å². The van der Waals surface area contributed by atoms with E-state index in [1.807, 2.05) is 37.4 Å². The average Bonchev–Trinajstić information content (AvgIpc) is 3.19. The van der Waals surface area contributed by atoms with Gasteiger partial charge in [0.15, 0.2) is 0 Å². The van der Waals surface area contributed by atoms with Crippen LogP contribution in [0.1, 0.15) is 40.9 Å². The van der Waals surface area contributed by atoms with Gasteiger partial charge in [-0.1, -0.05) is 24.3 Å². The molecule has 3 aromatic rings. The smallest absolute Gasteiger partial charge is 0.253 e. The van der Waals surface area contributed by atoms with Gasteiger partial charge >= 0.3 is 0 Å². The van der Waals surface area contributed by atoms with Gasteiger partial charge in [-0.2, -0.15) is 0 Å². The molecule has 1 aromatic heterocycles. The van der Waals surface area contributed by atoms with E-state index in [4.69, 9.17) is 0 Å². The molecule has 0 fully saturated rings. The molecule has 1 atom stereocenters. The van der Waals surface area contributed by atoms with Crippen LogP contribution in [0, 0.1) is 5.82 Å². The van der Waals surface area contributed by atoms with Crippen molar-refractivity contribution in [3.8, 4) is 11.3 Å². The molecule has 140 valence electrons. The maximum atomic E-state index is 13.1. The summed E-state index contributed by atoms with van der Waals surface area (Å²) >= 11 is 1.33. The highest BCUT2D eigenvalue weighted by Gasteiger charge is 2.17. The van der Waals surface area contributed by atoms with Crippen molar-refractivity contribution in [2.24, 2.45) is 0 Å². The Hall–Kier alpha value is -2.57. The standard InChI is InChI=1S/C21H21FN2O2S/c1-3-24(4-2)21(26)16-7-5-6-15(12-16)18-13-27-20(23-18)19(25)14-8-10-17(22)11-9-14/h5-13,19,25H,3-4H2,1-2H3. The minimum atomic E-state index is -0.912. The zero-order valence-corrected chi connectivity index (χ0v) is 16.0. The van der Waals surface area contributed by atoms with Crippen molar-refractivity contribution in [3.05, 3.63) is 75.9 Å². The number of carbonyl (C=O) groups is 1. The van der Waals surface area contributed by atoms with Crippen LogP contribution in [0.3, 0.4) is 0 Å². The van der Waals surface area contributed by atoms with Crippen molar-refractivity contribution >= 4 is 17.2 Å². The number of thiazole rings is 1. The van der Waals surface area contributed by atoms with E-state index in [0.29, 0.717) is 34.9 Å². The molecule has 1 unspecified atom stereocenters. The van der Waals surface area contributed by atoms with Crippen LogP contribution >= 0.6 is 11.3 Å². The fourth-order valence-electron chi connectivity index (χ4n) is 2.84. The number of nitrogens with zero attached hydrogens (tertiary/aromatic N) is 2. The van der Waals surface area contributed by atoms with E-state index in [1.165, 1.54) is 23.5 Å².